The van der Waals surface area contributed by atoms with Gasteiger partial charge < -0.3 is 5.73 Å². The zero-order valence-electron chi connectivity index (χ0n) is 10.9. The summed E-state index contributed by atoms with van der Waals surface area (Å²) in [4.78, 5) is 9.06. The molecular weight excluding hydrogens is 293 g/mol. The highest BCUT2D eigenvalue weighted by atomic mass is 35.5. The number of hydrogen-bond donors (Lipinski definition) is 1. The van der Waals surface area contributed by atoms with Gasteiger partial charge in [0.05, 0.1) is 0 Å². The molecule has 1 atom stereocenters. The van der Waals surface area contributed by atoms with Crippen LogP contribution in [0.2, 0.25) is 10.0 Å². The number of nitrogens with zero attached hydrogens (tertiary/aromatic N) is 2. The fourth-order valence-electron chi connectivity index (χ4n) is 2.54. The smallest absolute Gasteiger partial charge is 0.132 e. The highest BCUT2D eigenvalue weighted by Gasteiger charge is 2.19. The van der Waals surface area contributed by atoms with E-state index in [4.69, 9.17) is 28.9 Å². The Kier molecular flexibility index (Phi) is 3.92. The molecule has 0 radical (unpaired) electrons. The third kappa shape index (κ3) is 2.80. The van der Waals surface area contributed by atoms with Crippen LogP contribution in [0.5, 0.6) is 0 Å². The molecule has 1 aromatic heterocycles. The maximum Gasteiger partial charge on any atom is 0.132 e. The lowest BCUT2D eigenvalue weighted by atomic mass is 9.93. The van der Waals surface area contributed by atoms with E-state index in [1.165, 1.54) is 0 Å². The van der Waals surface area contributed by atoms with Crippen LogP contribution in [0.25, 0.3) is 0 Å². The molecule has 3 nitrogen and oxygen atoms in total. The second-order valence-electron chi connectivity index (χ2n) is 5.10. The largest absolute Gasteiger partial charge is 0.324 e. The first kappa shape index (κ1) is 13.8. The van der Waals surface area contributed by atoms with E-state index in [9.17, 15) is 0 Å². The first-order valence-electron chi connectivity index (χ1n) is 6.67. The molecule has 2 aromatic rings. The van der Waals surface area contributed by atoms with E-state index >= 15 is 0 Å². The van der Waals surface area contributed by atoms with Gasteiger partial charge in [0, 0.05) is 40.0 Å². The molecule has 1 heterocycles. The molecule has 0 bridgehead atoms. The van der Waals surface area contributed by atoms with Gasteiger partial charge in [0.25, 0.3) is 0 Å². The Balaban J connectivity index is 1.88. The summed E-state index contributed by atoms with van der Waals surface area (Å²) in [7, 11) is 0. The van der Waals surface area contributed by atoms with Crippen LogP contribution >= 0.6 is 23.2 Å². The van der Waals surface area contributed by atoms with E-state index in [0.717, 1.165) is 41.9 Å². The lowest BCUT2D eigenvalue weighted by Crippen LogP contribution is -2.19. The van der Waals surface area contributed by atoms with Crippen molar-refractivity contribution in [3.8, 4) is 0 Å². The number of aryl methyl sites for hydroxylation is 1. The van der Waals surface area contributed by atoms with Crippen LogP contribution in [0.15, 0.2) is 24.4 Å². The van der Waals surface area contributed by atoms with Crippen molar-refractivity contribution in [1.29, 1.82) is 0 Å². The molecule has 0 saturated heterocycles. The molecule has 2 N–H and O–H groups in total. The SMILES string of the molecule is NC1CCCc2nc(Cc3ccc(Cl)cc3Cl)ncc21. The number of hydrogen-bond acceptors (Lipinski definition) is 3. The van der Waals surface area contributed by atoms with Gasteiger partial charge in [-0.15, -0.1) is 0 Å². The third-order valence-electron chi connectivity index (χ3n) is 3.64. The van der Waals surface area contributed by atoms with Crippen LogP contribution in [0.4, 0.5) is 0 Å². The minimum atomic E-state index is 0.0759. The first-order valence-corrected chi connectivity index (χ1v) is 7.43. The number of benzene rings is 1. The normalized spacial score (nSPS) is 17.9. The van der Waals surface area contributed by atoms with Crippen LogP contribution in [-0.2, 0) is 12.8 Å². The van der Waals surface area contributed by atoms with Gasteiger partial charge in [-0.3, -0.25) is 0 Å². The molecule has 0 amide bonds. The third-order valence-corrected chi connectivity index (χ3v) is 4.23. The molecule has 0 spiro atoms. The van der Waals surface area contributed by atoms with Gasteiger partial charge in [-0.05, 0) is 37.0 Å². The number of halogens is 2. The quantitative estimate of drug-likeness (QED) is 0.920. The number of fused-ring (bicyclic) bond motifs is 1. The summed E-state index contributed by atoms with van der Waals surface area (Å²) in [5, 5.41) is 1.28. The number of aromatic nitrogens is 2. The summed E-state index contributed by atoms with van der Waals surface area (Å²) < 4.78 is 0. The van der Waals surface area contributed by atoms with E-state index in [2.05, 4.69) is 9.97 Å². The van der Waals surface area contributed by atoms with E-state index in [-0.39, 0.29) is 6.04 Å². The van der Waals surface area contributed by atoms with Crippen molar-refractivity contribution in [2.45, 2.75) is 31.7 Å². The summed E-state index contributed by atoms with van der Waals surface area (Å²) >= 11 is 12.1. The standard InChI is InChI=1S/C15H15Cl2N3/c16-10-5-4-9(12(17)7-10)6-15-19-8-11-13(18)2-1-3-14(11)20-15/h4-5,7-8,13H,1-3,6,18H2. The fraction of sp³-hybridized carbons (Fsp3) is 0.333. The minimum absolute atomic E-state index is 0.0759. The van der Waals surface area contributed by atoms with Crippen LogP contribution in [-0.4, -0.2) is 9.97 Å². The van der Waals surface area contributed by atoms with Crippen LogP contribution in [0.1, 0.15) is 41.5 Å². The molecule has 5 heteroatoms. The molecule has 1 aliphatic carbocycles. The zero-order chi connectivity index (χ0) is 14.1. The van der Waals surface area contributed by atoms with Crippen molar-refractivity contribution in [2.24, 2.45) is 5.73 Å². The molecule has 1 aliphatic rings. The van der Waals surface area contributed by atoms with E-state index in [1.807, 2.05) is 18.3 Å². The topological polar surface area (TPSA) is 51.8 Å². The molecule has 1 unspecified atom stereocenters. The number of nitrogens with two attached hydrogens (primary N) is 1. The van der Waals surface area contributed by atoms with E-state index in [0.29, 0.717) is 16.5 Å². The van der Waals surface area contributed by atoms with Crippen molar-refractivity contribution >= 4 is 23.2 Å². The summed E-state index contributed by atoms with van der Waals surface area (Å²) in [5.74, 6) is 0.780. The van der Waals surface area contributed by atoms with Gasteiger partial charge >= 0.3 is 0 Å². The molecule has 3 rings (SSSR count). The number of rotatable bonds is 2. The molecule has 1 aromatic carbocycles. The van der Waals surface area contributed by atoms with Crippen molar-refractivity contribution in [3.05, 3.63) is 57.1 Å². The maximum atomic E-state index is 6.19. The van der Waals surface area contributed by atoms with Crippen molar-refractivity contribution in [2.75, 3.05) is 0 Å². The van der Waals surface area contributed by atoms with Gasteiger partial charge in [-0.2, -0.15) is 0 Å². The lowest BCUT2D eigenvalue weighted by molar-refractivity contribution is 0.553. The Labute approximate surface area is 128 Å². The van der Waals surface area contributed by atoms with Crippen LogP contribution in [0.3, 0.4) is 0 Å². The fourth-order valence-corrected chi connectivity index (χ4v) is 3.02. The Morgan fingerprint density at radius 2 is 2.15 bits per heavy atom. The Hall–Kier alpha value is -1.16. The predicted octanol–water partition coefficient (Wildman–Crippen LogP) is 3.71. The second-order valence-corrected chi connectivity index (χ2v) is 5.94. The van der Waals surface area contributed by atoms with Crippen molar-refractivity contribution in [1.82, 2.24) is 9.97 Å². The maximum absolute atomic E-state index is 6.19. The summed E-state index contributed by atoms with van der Waals surface area (Å²) in [6.07, 6.45) is 5.56. The van der Waals surface area contributed by atoms with E-state index in [1.54, 1.807) is 6.07 Å². The average molecular weight is 308 g/mol. The zero-order valence-corrected chi connectivity index (χ0v) is 12.5. The van der Waals surface area contributed by atoms with Crippen molar-refractivity contribution < 1.29 is 0 Å². The highest BCUT2D eigenvalue weighted by molar-refractivity contribution is 6.35. The summed E-state index contributed by atoms with van der Waals surface area (Å²) in [6, 6.07) is 5.57. The summed E-state index contributed by atoms with van der Waals surface area (Å²) in [6.45, 7) is 0. The van der Waals surface area contributed by atoms with Crippen LogP contribution < -0.4 is 5.73 Å². The molecule has 0 saturated carbocycles. The lowest BCUT2D eigenvalue weighted by Gasteiger charge is -2.21. The van der Waals surface area contributed by atoms with Gasteiger partial charge in [-0.1, -0.05) is 29.3 Å². The second kappa shape index (κ2) is 5.68. The Morgan fingerprint density at radius 3 is 2.95 bits per heavy atom. The molecular formula is C15H15Cl2N3. The van der Waals surface area contributed by atoms with Gasteiger partial charge in [0.1, 0.15) is 5.82 Å². The molecule has 104 valence electrons. The van der Waals surface area contributed by atoms with E-state index < -0.39 is 0 Å². The van der Waals surface area contributed by atoms with Crippen LogP contribution in [0, 0.1) is 0 Å². The Bertz CT molecular complexity index is 643. The van der Waals surface area contributed by atoms with Crippen molar-refractivity contribution in [3.63, 3.8) is 0 Å². The summed E-state index contributed by atoms with van der Waals surface area (Å²) in [5.41, 5.74) is 9.22. The highest BCUT2D eigenvalue weighted by Crippen LogP contribution is 2.27. The molecule has 0 fully saturated rings. The predicted molar refractivity (Wildman–Crippen MR) is 81.2 cm³/mol. The average Bonchev–Trinajstić information content (AvgIpc) is 2.42. The minimum Gasteiger partial charge on any atom is -0.324 e. The van der Waals surface area contributed by atoms with Gasteiger partial charge in [0.2, 0.25) is 0 Å². The molecule has 0 aliphatic heterocycles. The Morgan fingerprint density at radius 1 is 1.30 bits per heavy atom. The molecule has 20 heavy (non-hydrogen) atoms. The van der Waals surface area contributed by atoms with Gasteiger partial charge in [-0.25, -0.2) is 9.97 Å². The first-order chi connectivity index (χ1) is 9.63. The monoisotopic (exact) mass is 307 g/mol. The van der Waals surface area contributed by atoms with Gasteiger partial charge in [0.15, 0.2) is 0 Å².